The molecule has 0 saturated carbocycles. The Kier molecular flexibility index (Phi) is 2.94. The molecule has 2 N–H and O–H groups in total. The van der Waals surface area contributed by atoms with E-state index in [0.717, 1.165) is 17.8 Å². The van der Waals surface area contributed by atoms with Crippen LogP contribution in [0.3, 0.4) is 0 Å². The van der Waals surface area contributed by atoms with Crippen LogP contribution in [0.2, 0.25) is 0 Å². The standard InChI is InChI=1S/C10H16N2O3S/c1-15-10-6-8(2-3-11)12-4-5-16(13,14)7-9(10)12/h6H,2-5,7,11H2,1H3. The van der Waals surface area contributed by atoms with Gasteiger partial charge in [-0.05, 0) is 6.54 Å². The Morgan fingerprint density at radius 2 is 2.31 bits per heavy atom. The normalized spacial score (nSPS) is 18.1. The molecule has 0 aromatic carbocycles. The van der Waals surface area contributed by atoms with Gasteiger partial charge >= 0.3 is 0 Å². The first-order valence-corrected chi connectivity index (χ1v) is 7.05. The SMILES string of the molecule is COc1cc(CCN)n2c1CS(=O)(=O)CC2. The van der Waals surface area contributed by atoms with Gasteiger partial charge in [0.05, 0.1) is 24.3 Å². The zero-order valence-corrected chi connectivity index (χ0v) is 10.1. The van der Waals surface area contributed by atoms with Crippen molar-refractivity contribution in [2.75, 3.05) is 19.4 Å². The first-order valence-electron chi connectivity index (χ1n) is 5.23. The van der Waals surface area contributed by atoms with E-state index in [9.17, 15) is 8.42 Å². The first-order chi connectivity index (χ1) is 7.57. The highest BCUT2D eigenvalue weighted by atomic mass is 32.2. The molecule has 2 rings (SSSR count). The Balaban J connectivity index is 2.46. The second-order valence-corrected chi connectivity index (χ2v) is 6.12. The van der Waals surface area contributed by atoms with E-state index in [4.69, 9.17) is 10.5 Å². The maximum Gasteiger partial charge on any atom is 0.157 e. The lowest BCUT2D eigenvalue weighted by atomic mass is 10.3. The first kappa shape index (κ1) is 11.5. The summed E-state index contributed by atoms with van der Waals surface area (Å²) in [6, 6.07) is 1.89. The number of aromatic nitrogens is 1. The minimum Gasteiger partial charge on any atom is -0.495 e. The van der Waals surface area contributed by atoms with Gasteiger partial charge in [-0.25, -0.2) is 8.42 Å². The Morgan fingerprint density at radius 1 is 1.56 bits per heavy atom. The fourth-order valence-electron chi connectivity index (χ4n) is 2.09. The molecule has 16 heavy (non-hydrogen) atoms. The van der Waals surface area contributed by atoms with Gasteiger partial charge in [-0.3, -0.25) is 0 Å². The van der Waals surface area contributed by atoms with Crippen LogP contribution < -0.4 is 10.5 Å². The molecule has 0 spiro atoms. The molecule has 0 amide bonds. The van der Waals surface area contributed by atoms with E-state index in [1.165, 1.54) is 0 Å². The Labute approximate surface area is 95.1 Å². The maximum atomic E-state index is 11.6. The van der Waals surface area contributed by atoms with Crippen LogP contribution in [-0.2, 0) is 28.6 Å². The summed E-state index contributed by atoms with van der Waals surface area (Å²) >= 11 is 0. The number of methoxy groups -OCH3 is 1. The van der Waals surface area contributed by atoms with E-state index in [1.54, 1.807) is 7.11 Å². The molecule has 1 aromatic heterocycles. The smallest absolute Gasteiger partial charge is 0.157 e. The third-order valence-electron chi connectivity index (χ3n) is 2.86. The van der Waals surface area contributed by atoms with Crippen molar-refractivity contribution in [3.63, 3.8) is 0 Å². The average molecular weight is 244 g/mol. The van der Waals surface area contributed by atoms with E-state index in [1.807, 2.05) is 10.6 Å². The van der Waals surface area contributed by atoms with Crippen molar-refractivity contribution in [2.45, 2.75) is 18.7 Å². The van der Waals surface area contributed by atoms with Gasteiger partial charge in [0, 0.05) is 24.7 Å². The Morgan fingerprint density at radius 3 is 2.94 bits per heavy atom. The van der Waals surface area contributed by atoms with E-state index in [0.29, 0.717) is 18.8 Å². The lowest BCUT2D eigenvalue weighted by Crippen LogP contribution is -2.25. The van der Waals surface area contributed by atoms with Crippen LogP contribution in [0.25, 0.3) is 0 Å². The fourth-order valence-corrected chi connectivity index (χ4v) is 3.41. The van der Waals surface area contributed by atoms with Crippen LogP contribution in [0.15, 0.2) is 6.07 Å². The van der Waals surface area contributed by atoms with Gasteiger partial charge in [0.25, 0.3) is 0 Å². The summed E-state index contributed by atoms with van der Waals surface area (Å²) in [5.74, 6) is 0.933. The molecular formula is C10H16N2O3S. The molecule has 1 aliphatic heterocycles. The second-order valence-electron chi connectivity index (χ2n) is 3.93. The lowest BCUT2D eigenvalue weighted by molar-refractivity contribution is 0.408. The van der Waals surface area contributed by atoms with Crippen molar-refractivity contribution in [3.8, 4) is 5.75 Å². The van der Waals surface area contributed by atoms with E-state index in [-0.39, 0.29) is 11.5 Å². The Bertz CT molecular complexity index is 490. The highest BCUT2D eigenvalue weighted by molar-refractivity contribution is 7.90. The topological polar surface area (TPSA) is 74.3 Å². The second kappa shape index (κ2) is 4.10. The highest BCUT2D eigenvalue weighted by Crippen LogP contribution is 2.29. The van der Waals surface area contributed by atoms with Crippen LogP contribution in [0.1, 0.15) is 11.4 Å². The number of sulfone groups is 1. The number of hydrogen-bond donors (Lipinski definition) is 1. The van der Waals surface area contributed by atoms with Crippen molar-refractivity contribution in [3.05, 3.63) is 17.5 Å². The summed E-state index contributed by atoms with van der Waals surface area (Å²) in [4.78, 5) is 0. The van der Waals surface area contributed by atoms with Crippen molar-refractivity contribution < 1.29 is 13.2 Å². The van der Waals surface area contributed by atoms with Crippen molar-refractivity contribution in [2.24, 2.45) is 5.73 Å². The predicted molar refractivity (Wildman–Crippen MR) is 61.2 cm³/mol. The molecule has 0 unspecified atom stereocenters. The third-order valence-corrected chi connectivity index (χ3v) is 4.38. The molecular weight excluding hydrogens is 228 g/mol. The van der Waals surface area contributed by atoms with Gasteiger partial charge in [-0.2, -0.15) is 0 Å². The highest BCUT2D eigenvalue weighted by Gasteiger charge is 2.26. The number of nitrogens with zero attached hydrogens (tertiary/aromatic N) is 1. The van der Waals surface area contributed by atoms with Crippen LogP contribution in [-0.4, -0.2) is 32.4 Å². The van der Waals surface area contributed by atoms with E-state index in [2.05, 4.69) is 0 Å². The Hall–Kier alpha value is -1.01. The van der Waals surface area contributed by atoms with Crippen molar-refractivity contribution >= 4 is 9.84 Å². The molecule has 0 radical (unpaired) electrons. The quantitative estimate of drug-likeness (QED) is 0.807. The van der Waals surface area contributed by atoms with E-state index >= 15 is 0 Å². The minimum absolute atomic E-state index is 0.0702. The van der Waals surface area contributed by atoms with Crippen molar-refractivity contribution in [1.82, 2.24) is 4.57 Å². The molecule has 0 bridgehead atoms. The fraction of sp³-hybridized carbons (Fsp3) is 0.600. The molecule has 0 saturated heterocycles. The maximum absolute atomic E-state index is 11.6. The van der Waals surface area contributed by atoms with Crippen LogP contribution >= 0.6 is 0 Å². The summed E-state index contributed by atoms with van der Waals surface area (Å²) in [6.45, 7) is 1.07. The molecule has 5 nitrogen and oxygen atoms in total. The molecule has 90 valence electrons. The van der Waals surface area contributed by atoms with Gasteiger partial charge in [0.1, 0.15) is 5.75 Å². The molecule has 0 aliphatic carbocycles. The molecule has 0 fully saturated rings. The zero-order valence-electron chi connectivity index (χ0n) is 9.27. The molecule has 6 heteroatoms. The summed E-state index contributed by atoms with van der Waals surface area (Å²) in [5, 5.41) is 0. The minimum atomic E-state index is -2.96. The van der Waals surface area contributed by atoms with Gasteiger partial charge in [0.2, 0.25) is 0 Å². The predicted octanol–water partition coefficient (Wildman–Crippen LogP) is -0.0737. The van der Waals surface area contributed by atoms with Crippen molar-refractivity contribution in [1.29, 1.82) is 0 Å². The monoisotopic (exact) mass is 244 g/mol. The van der Waals surface area contributed by atoms with Gasteiger partial charge < -0.3 is 15.0 Å². The summed E-state index contributed by atoms with van der Waals surface area (Å²) < 4.78 is 30.3. The summed E-state index contributed by atoms with van der Waals surface area (Å²) in [5.41, 5.74) is 7.35. The summed E-state index contributed by atoms with van der Waals surface area (Å²) in [7, 11) is -1.40. The number of rotatable bonds is 3. The molecule has 1 aromatic rings. The van der Waals surface area contributed by atoms with Gasteiger partial charge in [-0.1, -0.05) is 0 Å². The zero-order chi connectivity index (χ0) is 11.8. The number of hydrogen-bond acceptors (Lipinski definition) is 4. The third kappa shape index (κ3) is 1.94. The van der Waals surface area contributed by atoms with Gasteiger partial charge in [-0.15, -0.1) is 0 Å². The van der Waals surface area contributed by atoms with Crippen LogP contribution in [0.5, 0.6) is 5.75 Å². The summed E-state index contributed by atoms with van der Waals surface area (Å²) in [6.07, 6.45) is 0.746. The number of nitrogens with two attached hydrogens (primary N) is 1. The van der Waals surface area contributed by atoms with E-state index < -0.39 is 9.84 Å². The number of ether oxygens (including phenoxy) is 1. The molecule has 0 atom stereocenters. The molecule has 2 heterocycles. The lowest BCUT2D eigenvalue weighted by Gasteiger charge is -2.18. The number of fused-ring (bicyclic) bond motifs is 1. The van der Waals surface area contributed by atoms with Crippen LogP contribution in [0, 0.1) is 0 Å². The van der Waals surface area contributed by atoms with Crippen LogP contribution in [0.4, 0.5) is 0 Å². The van der Waals surface area contributed by atoms with Gasteiger partial charge in [0.15, 0.2) is 9.84 Å². The average Bonchev–Trinajstić information content (AvgIpc) is 2.55. The largest absolute Gasteiger partial charge is 0.495 e. The molecule has 1 aliphatic rings.